The summed E-state index contributed by atoms with van der Waals surface area (Å²) in [4.78, 5) is 11.4. The van der Waals surface area contributed by atoms with Crippen molar-refractivity contribution in [1.82, 2.24) is 0 Å². The molecular formula is C18H22N2O3Si. The van der Waals surface area contributed by atoms with E-state index in [9.17, 15) is 9.90 Å². The molecule has 0 aliphatic carbocycles. The van der Waals surface area contributed by atoms with Crippen molar-refractivity contribution in [3.05, 3.63) is 34.9 Å². The number of nitrogens with zero attached hydrogens (tertiary/aromatic N) is 2. The van der Waals surface area contributed by atoms with Crippen LogP contribution in [0.5, 0.6) is 5.75 Å². The molecule has 0 saturated heterocycles. The number of carbonyl (C=O) groups is 1. The Hall–Kier alpha value is -2.57. The third-order valence-corrected chi connectivity index (χ3v) is 8.66. The molecule has 0 aromatic heterocycles. The molecule has 1 N–H and O–H groups in total. The summed E-state index contributed by atoms with van der Waals surface area (Å²) >= 11 is 0. The highest BCUT2D eigenvalue weighted by molar-refractivity contribution is 6.74. The summed E-state index contributed by atoms with van der Waals surface area (Å²) in [6.07, 6.45) is 0. The number of carboxylic acids is 1. The van der Waals surface area contributed by atoms with E-state index in [0.29, 0.717) is 11.3 Å². The van der Waals surface area contributed by atoms with Crippen molar-refractivity contribution in [1.29, 1.82) is 10.5 Å². The first kappa shape index (κ1) is 19.5. The van der Waals surface area contributed by atoms with Crippen molar-refractivity contribution >= 4 is 19.9 Å². The number of hydrogen-bond acceptors (Lipinski definition) is 4. The van der Waals surface area contributed by atoms with Crippen molar-refractivity contribution in [3.63, 3.8) is 0 Å². The van der Waals surface area contributed by atoms with E-state index in [-0.39, 0.29) is 10.6 Å². The van der Waals surface area contributed by atoms with Gasteiger partial charge >= 0.3 is 5.97 Å². The summed E-state index contributed by atoms with van der Waals surface area (Å²) < 4.78 is 6.25. The van der Waals surface area contributed by atoms with Crippen LogP contribution in [0.2, 0.25) is 18.1 Å². The zero-order valence-electron chi connectivity index (χ0n) is 14.9. The van der Waals surface area contributed by atoms with E-state index >= 15 is 0 Å². The average Bonchev–Trinajstić information content (AvgIpc) is 2.45. The third-order valence-electron chi connectivity index (χ3n) is 4.32. The number of benzene rings is 1. The Bertz CT molecular complexity index is 759. The highest BCUT2D eigenvalue weighted by Gasteiger charge is 2.39. The van der Waals surface area contributed by atoms with E-state index in [1.165, 1.54) is 0 Å². The van der Waals surface area contributed by atoms with Crippen LogP contribution in [0.15, 0.2) is 23.8 Å². The highest BCUT2D eigenvalue weighted by atomic mass is 28.4. The molecule has 1 aromatic carbocycles. The SMILES string of the molecule is Cc1cc(C(C(=O)O)=C(C#N)C#N)ccc1O[Si](C)(C)C(C)(C)C. The van der Waals surface area contributed by atoms with Crippen LogP contribution in [-0.2, 0) is 4.79 Å². The minimum absolute atomic E-state index is 0.0407. The summed E-state index contributed by atoms with van der Waals surface area (Å²) in [7, 11) is -2.01. The second kappa shape index (κ2) is 6.90. The van der Waals surface area contributed by atoms with Crippen LogP contribution in [0.1, 0.15) is 31.9 Å². The van der Waals surface area contributed by atoms with Gasteiger partial charge in [0.1, 0.15) is 23.5 Å². The van der Waals surface area contributed by atoms with Gasteiger partial charge in [0.25, 0.3) is 0 Å². The Morgan fingerprint density at radius 1 is 1.21 bits per heavy atom. The first-order valence-corrected chi connectivity index (χ1v) is 10.4. The first-order valence-electron chi connectivity index (χ1n) is 7.52. The lowest BCUT2D eigenvalue weighted by atomic mass is 9.99. The van der Waals surface area contributed by atoms with Crippen LogP contribution in [0.4, 0.5) is 0 Å². The van der Waals surface area contributed by atoms with Gasteiger partial charge < -0.3 is 9.53 Å². The van der Waals surface area contributed by atoms with E-state index in [1.807, 2.05) is 6.92 Å². The van der Waals surface area contributed by atoms with Gasteiger partial charge in [-0.2, -0.15) is 10.5 Å². The monoisotopic (exact) mass is 342 g/mol. The number of nitriles is 2. The van der Waals surface area contributed by atoms with Crippen molar-refractivity contribution in [2.75, 3.05) is 0 Å². The Labute approximate surface area is 143 Å². The van der Waals surface area contributed by atoms with Gasteiger partial charge in [-0.25, -0.2) is 4.79 Å². The molecule has 0 heterocycles. The lowest BCUT2D eigenvalue weighted by molar-refractivity contribution is -0.130. The molecule has 0 aliphatic rings. The number of hydrogen-bond donors (Lipinski definition) is 1. The second-order valence-corrected chi connectivity index (χ2v) is 11.8. The van der Waals surface area contributed by atoms with E-state index in [1.54, 1.807) is 30.3 Å². The number of aryl methyl sites for hydroxylation is 1. The van der Waals surface area contributed by atoms with Crippen molar-refractivity contribution in [2.45, 2.75) is 45.8 Å². The fourth-order valence-electron chi connectivity index (χ4n) is 1.86. The topological polar surface area (TPSA) is 94.1 Å². The van der Waals surface area contributed by atoms with Gasteiger partial charge in [-0.1, -0.05) is 26.8 Å². The minimum Gasteiger partial charge on any atom is -0.543 e. The third kappa shape index (κ3) is 4.04. The summed E-state index contributed by atoms with van der Waals surface area (Å²) in [5.74, 6) is -0.601. The molecule has 0 fully saturated rings. The second-order valence-electron chi connectivity index (χ2n) is 7.12. The molecule has 0 bridgehead atoms. The molecule has 0 aliphatic heterocycles. The molecule has 126 valence electrons. The quantitative estimate of drug-likeness (QED) is 0.501. The fraction of sp³-hybridized carbons (Fsp3) is 0.389. The zero-order chi connectivity index (χ0) is 18.7. The summed E-state index contributed by atoms with van der Waals surface area (Å²) in [6, 6.07) is 8.20. The molecule has 0 saturated carbocycles. The summed E-state index contributed by atoms with van der Waals surface area (Å²) in [5.41, 5.74) is 0.383. The van der Waals surface area contributed by atoms with Crippen molar-refractivity contribution in [3.8, 4) is 17.9 Å². The van der Waals surface area contributed by atoms with Crippen LogP contribution < -0.4 is 4.43 Å². The minimum atomic E-state index is -2.01. The highest BCUT2D eigenvalue weighted by Crippen LogP contribution is 2.38. The largest absolute Gasteiger partial charge is 0.543 e. The molecule has 24 heavy (non-hydrogen) atoms. The van der Waals surface area contributed by atoms with Gasteiger partial charge in [0.05, 0.1) is 5.57 Å². The van der Waals surface area contributed by atoms with E-state index in [4.69, 9.17) is 14.9 Å². The van der Waals surface area contributed by atoms with Crippen molar-refractivity contribution in [2.24, 2.45) is 0 Å². The van der Waals surface area contributed by atoms with Crippen LogP contribution in [0, 0.1) is 29.6 Å². The molecule has 0 atom stereocenters. The van der Waals surface area contributed by atoms with Crippen LogP contribution >= 0.6 is 0 Å². The van der Waals surface area contributed by atoms with E-state index < -0.39 is 19.9 Å². The lowest BCUT2D eigenvalue weighted by Crippen LogP contribution is -2.44. The van der Waals surface area contributed by atoms with Crippen LogP contribution in [0.25, 0.3) is 5.57 Å². The summed E-state index contributed by atoms with van der Waals surface area (Å²) in [6.45, 7) is 12.5. The predicted octanol–water partition coefficient (Wildman–Crippen LogP) is 4.26. The van der Waals surface area contributed by atoms with Crippen LogP contribution in [-0.4, -0.2) is 19.4 Å². The molecule has 6 heteroatoms. The fourth-order valence-corrected chi connectivity index (χ4v) is 2.94. The van der Waals surface area contributed by atoms with Gasteiger partial charge in [0, 0.05) is 0 Å². The normalized spacial score (nSPS) is 11.2. The summed E-state index contributed by atoms with van der Waals surface area (Å²) in [5, 5.41) is 27.3. The number of rotatable bonds is 4. The molecule has 1 rings (SSSR count). The number of allylic oxidation sites excluding steroid dienone is 1. The Morgan fingerprint density at radius 3 is 2.12 bits per heavy atom. The smallest absolute Gasteiger partial charge is 0.338 e. The Balaban J connectivity index is 3.36. The molecule has 0 radical (unpaired) electrons. The maximum atomic E-state index is 11.4. The molecule has 1 aromatic rings. The number of aliphatic carboxylic acids is 1. The molecular weight excluding hydrogens is 320 g/mol. The van der Waals surface area contributed by atoms with E-state index in [2.05, 4.69) is 33.9 Å². The maximum Gasteiger partial charge on any atom is 0.338 e. The number of carboxylic acid groups (broad SMARTS) is 1. The Kier molecular flexibility index (Phi) is 5.60. The average molecular weight is 342 g/mol. The van der Waals surface area contributed by atoms with Crippen LogP contribution in [0.3, 0.4) is 0 Å². The zero-order valence-corrected chi connectivity index (χ0v) is 15.9. The van der Waals surface area contributed by atoms with E-state index in [0.717, 1.165) is 5.56 Å². The molecule has 0 unspecified atom stereocenters. The van der Waals surface area contributed by atoms with Gasteiger partial charge in [-0.15, -0.1) is 0 Å². The molecule has 5 nitrogen and oxygen atoms in total. The lowest BCUT2D eigenvalue weighted by Gasteiger charge is -2.37. The predicted molar refractivity (Wildman–Crippen MR) is 94.8 cm³/mol. The van der Waals surface area contributed by atoms with Gasteiger partial charge in [0.15, 0.2) is 0 Å². The van der Waals surface area contributed by atoms with Crippen molar-refractivity contribution < 1.29 is 14.3 Å². The van der Waals surface area contributed by atoms with Gasteiger partial charge in [0.2, 0.25) is 8.32 Å². The molecule has 0 amide bonds. The van der Waals surface area contributed by atoms with Gasteiger partial charge in [-0.05, 0) is 48.3 Å². The standard InChI is InChI=1S/C18H22N2O3Si/c1-12-9-13(16(17(21)22)14(10-19)11-20)7-8-15(12)23-24(5,6)18(2,3)4/h7-9H,1-6H3,(H,21,22). The molecule has 0 spiro atoms. The maximum absolute atomic E-state index is 11.4. The Morgan fingerprint density at radius 2 is 1.75 bits per heavy atom. The first-order chi connectivity index (χ1) is 10.9. The van der Waals surface area contributed by atoms with Gasteiger partial charge in [-0.3, -0.25) is 0 Å².